The van der Waals surface area contributed by atoms with Gasteiger partial charge in [0.05, 0.1) is 18.2 Å². The molecule has 4 nitrogen and oxygen atoms in total. The number of fused-ring (bicyclic) bond motifs is 1. The molecule has 0 bridgehead atoms. The second-order valence-corrected chi connectivity index (χ2v) is 3.28. The molecule has 0 aliphatic heterocycles. The molecule has 0 saturated heterocycles. The number of benzene rings is 1. The highest BCUT2D eigenvalue weighted by Crippen LogP contribution is 2.19. The second kappa shape index (κ2) is 4.07. The minimum atomic E-state index is -0.400. The molecule has 0 unspecified atom stereocenters. The third kappa shape index (κ3) is 1.63. The number of nitrogens with zero attached hydrogens (tertiary/aromatic N) is 1. The van der Waals surface area contributed by atoms with Gasteiger partial charge in [0.25, 0.3) is 0 Å². The lowest BCUT2D eigenvalue weighted by atomic mass is 10.1. The topological polar surface area (TPSA) is 65.9 Å². The molecule has 1 aromatic carbocycles. The maximum absolute atomic E-state index is 11.5. The lowest BCUT2D eigenvalue weighted by Crippen LogP contribution is -2.04. The van der Waals surface area contributed by atoms with Crippen LogP contribution in [0.4, 0.5) is 0 Å². The zero-order valence-electron chi connectivity index (χ0n) is 8.78. The van der Waals surface area contributed by atoms with Crippen molar-refractivity contribution in [1.29, 1.82) is 5.26 Å². The lowest BCUT2D eigenvalue weighted by Gasteiger charge is -1.96. The van der Waals surface area contributed by atoms with Gasteiger partial charge in [0.1, 0.15) is 5.69 Å². The Morgan fingerprint density at radius 2 is 2.38 bits per heavy atom. The number of carbonyl (C=O) groups excluding carboxylic acids is 1. The molecule has 0 saturated carbocycles. The predicted molar refractivity (Wildman–Crippen MR) is 59.0 cm³/mol. The fourth-order valence-corrected chi connectivity index (χ4v) is 1.57. The highest BCUT2D eigenvalue weighted by molar-refractivity contribution is 5.96. The molecule has 0 aliphatic carbocycles. The maximum Gasteiger partial charge on any atom is 0.354 e. The molecule has 1 aromatic heterocycles. The van der Waals surface area contributed by atoms with E-state index in [1.165, 1.54) is 0 Å². The normalized spacial score (nSPS) is 10.0. The summed E-state index contributed by atoms with van der Waals surface area (Å²) in [6, 6.07) is 9.03. The van der Waals surface area contributed by atoms with E-state index in [1.54, 1.807) is 25.1 Å². The Morgan fingerprint density at radius 3 is 3.06 bits per heavy atom. The van der Waals surface area contributed by atoms with Crippen LogP contribution in [0.3, 0.4) is 0 Å². The second-order valence-electron chi connectivity index (χ2n) is 3.28. The molecule has 0 fully saturated rings. The predicted octanol–water partition coefficient (Wildman–Crippen LogP) is 2.22. The van der Waals surface area contributed by atoms with Gasteiger partial charge < -0.3 is 9.72 Å². The van der Waals surface area contributed by atoms with Crippen LogP contribution in [0.2, 0.25) is 0 Å². The van der Waals surface area contributed by atoms with Crippen LogP contribution in [0.25, 0.3) is 10.9 Å². The van der Waals surface area contributed by atoms with Crippen LogP contribution >= 0.6 is 0 Å². The third-order valence-corrected chi connectivity index (χ3v) is 2.28. The molecule has 2 aromatic rings. The summed E-state index contributed by atoms with van der Waals surface area (Å²) in [5.74, 6) is -0.400. The lowest BCUT2D eigenvalue weighted by molar-refractivity contribution is 0.0520. The first kappa shape index (κ1) is 10.2. The molecule has 2 rings (SSSR count). The van der Waals surface area contributed by atoms with E-state index in [-0.39, 0.29) is 0 Å². The number of esters is 1. The van der Waals surface area contributed by atoms with E-state index in [0.29, 0.717) is 17.9 Å². The molecule has 0 spiro atoms. The van der Waals surface area contributed by atoms with Crippen molar-refractivity contribution in [3.8, 4) is 6.07 Å². The average molecular weight is 214 g/mol. The Kier molecular flexibility index (Phi) is 2.61. The Hall–Kier alpha value is -2.28. The Balaban J connectivity index is 2.52. The van der Waals surface area contributed by atoms with Gasteiger partial charge in [-0.3, -0.25) is 0 Å². The van der Waals surface area contributed by atoms with Crippen LogP contribution in [0.15, 0.2) is 24.3 Å². The van der Waals surface area contributed by atoms with Crippen molar-refractivity contribution in [3.05, 3.63) is 35.5 Å². The van der Waals surface area contributed by atoms with Gasteiger partial charge in [-0.05, 0) is 25.1 Å². The molecule has 0 aliphatic rings. The summed E-state index contributed by atoms with van der Waals surface area (Å²) in [5.41, 5.74) is 1.69. The number of nitriles is 1. The summed E-state index contributed by atoms with van der Waals surface area (Å²) in [6.45, 7) is 2.08. The number of carbonyl (C=O) groups is 1. The van der Waals surface area contributed by atoms with E-state index in [0.717, 1.165) is 10.9 Å². The zero-order valence-corrected chi connectivity index (χ0v) is 8.78. The van der Waals surface area contributed by atoms with Crippen LogP contribution in [-0.4, -0.2) is 17.6 Å². The Labute approximate surface area is 92.4 Å². The number of hydrogen-bond acceptors (Lipinski definition) is 3. The van der Waals surface area contributed by atoms with Crippen LogP contribution in [0, 0.1) is 11.3 Å². The van der Waals surface area contributed by atoms with Crippen molar-refractivity contribution in [2.45, 2.75) is 6.92 Å². The van der Waals surface area contributed by atoms with Crippen molar-refractivity contribution in [3.63, 3.8) is 0 Å². The number of nitrogens with one attached hydrogen (secondary N) is 1. The van der Waals surface area contributed by atoms with Crippen LogP contribution in [0.1, 0.15) is 23.0 Å². The smallest absolute Gasteiger partial charge is 0.354 e. The van der Waals surface area contributed by atoms with Crippen molar-refractivity contribution in [2.24, 2.45) is 0 Å². The largest absolute Gasteiger partial charge is 0.461 e. The summed E-state index contributed by atoms with van der Waals surface area (Å²) in [5, 5.41) is 9.65. The molecule has 1 N–H and O–H groups in total. The number of rotatable bonds is 2. The van der Waals surface area contributed by atoms with Gasteiger partial charge >= 0.3 is 5.97 Å². The molecule has 0 amide bonds. The van der Waals surface area contributed by atoms with Gasteiger partial charge in [0, 0.05) is 10.9 Å². The summed E-state index contributed by atoms with van der Waals surface area (Å²) in [6.07, 6.45) is 0. The van der Waals surface area contributed by atoms with Crippen LogP contribution < -0.4 is 0 Å². The van der Waals surface area contributed by atoms with Crippen LogP contribution in [-0.2, 0) is 4.74 Å². The van der Waals surface area contributed by atoms with Crippen molar-refractivity contribution < 1.29 is 9.53 Å². The quantitative estimate of drug-likeness (QED) is 0.779. The first-order chi connectivity index (χ1) is 7.76. The number of hydrogen-bond donors (Lipinski definition) is 1. The standard InChI is InChI=1S/C12H10N2O2/c1-2-16-12(15)11-6-9-8(7-13)4-3-5-10(9)14-11/h3-6,14H,2H2,1H3. The Morgan fingerprint density at radius 1 is 1.56 bits per heavy atom. The SMILES string of the molecule is CCOC(=O)c1cc2c(C#N)cccc2[nH]1. The number of aromatic amines is 1. The van der Waals surface area contributed by atoms with Gasteiger partial charge in [0.15, 0.2) is 0 Å². The van der Waals surface area contributed by atoms with E-state index in [9.17, 15) is 4.79 Å². The van der Waals surface area contributed by atoms with Gasteiger partial charge in [-0.25, -0.2) is 4.79 Å². The monoisotopic (exact) mass is 214 g/mol. The van der Waals surface area contributed by atoms with Gasteiger partial charge in [-0.2, -0.15) is 5.26 Å². The van der Waals surface area contributed by atoms with Gasteiger partial charge in [-0.1, -0.05) is 6.07 Å². The first-order valence-corrected chi connectivity index (χ1v) is 4.95. The van der Waals surface area contributed by atoms with E-state index in [2.05, 4.69) is 11.1 Å². The number of H-pyrrole nitrogens is 1. The minimum absolute atomic E-state index is 0.333. The highest BCUT2D eigenvalue weighted by atomic mass is 16.5. The molecule has 1 heterocycles. The minimum Gasteiger partial charge on any atom is -0.461 e. The maximum atomic E-state index is 11.5. The fraction of sp³-hybridized carbons (Fsp3) is 0.167. The average Bonchev–Trinajstić information content (AvgIpc) is 2.72. The molecular weight excluding hydrogens is 204 g/mol. The van der Waals surface area contributed by atoms with Crippen molar-refractivity contribution in [2.75, 3.05) is 6.61 Å². The van der Waals surface area contributed by atoms with E-state index < -0.39 is 5.97 Å². The van der Waals surface area contributed by atoms with E-state index >= 15 is 0 Å². The number of ether oxygens (including phenoxy) is 1. The molecule has 0 radical (unpaired) electrons. The molecule has 80 valence electrons. The molecule has 16 heavy (non-hydrogen) atoms. The van der Waals surface area contributed by atoms with Crippen LogP contribution in [0.5, 0.6) is 0 Å². The summed E-state index contributed by atoms with van der Waals surface area (Å²) in [7, 11) is 0. The van der Waals surface area contributed by atoms with Gasteiger partial charge in [-0.15, -0.1) is 0 Å². The van der Waals surface area contributed by atoms with E-state index in [1.807, 2.05) is 6.07 Å². The van der Waals surface area contributed by atoms with Gasteiger partial charge in [0.2, 0.25) is 0 Å². The highest BCUT2D eigenvalue weighted by Gasteiger charge is 2.11. The summed E-state index contributed by atoms with van der Waals surface area (Å²) in [4.78, 5) is 14.4. The van der Waals surface area contributed by atoms with Crippen molar-refractivity contribution in [1.82, 2.24) is 4.98 Å². The first-order valence-electron chi connectivity index (χ1n) is 4.95. The molecular formula is C12H10N2O2. The van der Waals surface area contributed by atoms with Crippen molar-refractivity contribution >= 4 is 16.9 Å². The summed E-state index contributed by atoms with van der Waals surface area (Å²) >= 11 is 0. The molecule has 4 heteroatoms. The van der Waals surface area contributed by atoms with E-state index in [4.69, 9.17) is 10.00 Å². The zero-order chi connectivity index (χ0) is 11.5. The Bertz CT molecular complexity index is 578. The summed E-state index contributed by atoms with van der Waals surface area (Å²) < 4.78 is 4.88. The fourth-order valence-electron chi connectivity index (χ4n) is 1.57. The number of aromatic nitrogens is 1. The molecule has 0 atom stereocenters. The third-order valence-electron chi connectivity index (χ3n) is 2.28.